The highest BCUT2D eigenvalue weighted by atomic mass is 35.5. The van der Waals surface area contributed by atoms with Gasteiger partial charge in [-0.2, -0.15) is 0 Å². The number of phenolic OH excluding ortho intramolecular Hbond substituents is 1. The van der Waals surface area contributed by atoms with Gasteiger partial charge in [0.2, 0.25) is 0 Å². The normalized spacial score (nSPS) is 19.5. The third-order valence-electron chi connectivity index (χ3n) is 5.54. The number of ketones is 1. The van der Waals surface area contributed by atoms with Crippen LogP contribution in [0.1, 0.15) is 29.2 Å². The number of aliphatic hydroxyl groups is 1. The number of phenols is 1. The molecule has 7 nitrogen and oxygen atoms in total. The van der Waals surface area contributed by atoms with Crippen molar-refractivity contribution < 1.29 is 29.3 Å². The molecule has 1 fully saturated rings. The number of halogens is 1. The van der Waals surface area contributed by atoms with E-state index in [1.807, 2.05) is 0 Å². The molecule has 0 aliphatic carbocycles. The van der Waals surface area contributed by atoms with Crippen LogP contribution in [-0.4, -0.2) is 53.7 Å². The number of hydrogen-bond donors (Lipinski definition) is 2. The summed E-state index contributed by atoms with van der Waals surface area (Å²) in [6.45, 7) is 1.24. The standard InChI is InChI=1S/C23H22ClNO6/c1-30-9-2-8-25-20(14-3-5-17(26)16(24)12-14)19(22(28)23(25)29)21(27)15-4-6-18-13(11-15)7-10-31-18/h3-6,11-12,20,26-27H,2,7-10H2,1H3/b21-19-. The van der Waals surface area contributed by atoms with Crippen LogP contribution in [0.2, 0.25) is 5.02 Å². The number of amides is 1. The number of carbonyl (C=O) groups excluding carboxylic acids is 2. The summed E-state index contributed by atoms with van der Waals surface area (Å²) in [5, 5.41) is 21.0. The molecule has 2 heterocycles. The van der Waals surface area contributed by atoms with E-state index >= 15 is 0 Å². The molecule has 4 rings (SSSR count). The van der Waals surface area contributed by atoms with Crippen molar-refractivity contribution in [2.75, 3.05) is 26.9 Å². The number of carbonyl (C=O) groups is 2. The second-order valence-electron chi connectivity index (χ2n) is 7.47. The van der Waals surface area contributed by atoms with Crippen LogP contribution >= 0.6 is 11.6 Å². The summed E-state index contributed by atoms with van der Waals surface area (Å²) in [6, 6.07) is 8.85. The number of benzene rings is 2. The third-order valence-corrected chi connectivity index (χ3v) is 5.84. The molecule has 2 N–H and O–H groups in total. The van der Waals surface area contributed by atoms with E-state index in [1.165, 1.54) is 17.0 Å². The molecule has 31 heavy (non-hydrogen) atoms. The minimum atomic E-state index is -0.834. The first-order valence-electron chi connectivity index (χ1n) is 9.94. The number of aliphatic hydroxyl groups excluding tert-OH is 1. The molecule has 2 aromatic rings. The average molecular weight is 444 g/mol. The highest BCUT2D eigenvalue weighted by Gasteiger charge is 2.46. The summed E-state index contributed by atoms with van der Waals surface area (Å²) in [7, 11) is 1.56. The second kappa shape index (κ2) is 8.61. The zero-order chi connectivity index (χ0) is 22.1. The van der Waals surface area contributed by atoms with E-state index in [-0.39, 0.29) is 28.6 Å². The van der Waals surface area contributed by atoms with Gasteiger partial charge in [0, 0.05) is 32.2 Å². The number of aromatic hydroxyl groups is 1. The summed E-state index contributed by atoms with van der Waals surface area (Å²) in [5.74, 6) is -1.08. The Morgan fingerprint density at radius 3 is 2.81 bits per heavy atom. The van der Waals surface area contributed by atoms with Crippen molar-refractivity contribution >= 4 is 29.1 Å². The van der Waals surface area contributed by atoms with Crippen LogP contribution in [0.4, 0.5) is 0 Å². The van der Waals surface area contributed by atoms with Crippen LogP contribution in [0.3, 0.4) is 0 Å². The average Bonchev–Trinajstić information content (AvgIpc) is 3.33. The van der Waals surface area contributed by atoms with Crippen LogP contribution in [-0.2, 0) is 20.7 Å². The topological polar surface area (TPSA) is 96.3 Å². The fourth-order valence-electron chi connectivity index (χ4n) is 4.02. The summed E-state index contributed by atoms with van der Waals surface area (Å²) in [5.41, 5.74) is 1.88. The summed E-state index contributed by atoms with van der Waals surface area (Å²) in [6.07, 6.45) is 1.22. The van der Waals surface area contributed by atoms with Crippen molar-refractivity contribution in [3.8, 4) is 11.5 Å². The predicted molar refractivity (Wildman–Crippen MR) is 114 cm³/mol. The number of methoxy groups -OCH3 is 1. The van der Waals surface area contributed by atoms with Gasteiger partial charge < -0.3 is 24.6 Å². The number of fused-ring (bicyclic) bond motifs is 1. The van der Waals surface area contributed by atoms with Crippen LogP contribution < -0.4 is 4.74 Å². The van der Waals surface area contributed by atoms with Crippen molar-refractivity contribution in [2.24, 2.45) is 0 Å². The molecule has 8 heteroatoms. The summed E-state index contributed by atoms with van der Waals surface area (Å²) < 4.78 is 10.6. The largest absolute Gasteiger partial charge is 0.507 e. The summed E-state index contributed by atoms with van der Waals surface area (Å²) in [4.78, 5) is 27.3. The Morgan fingerprint density at radius 1 is 1.26 bits per heavy atom. The Labute approximate surface area is 184 Å². The first kappa shape index (κ1) is 21.2. The van der Waals surface area contributed by atoms with E-state index in [0.29, 0.717) is 37.2 Å². The van der Waals surface area contributed by atoms with Gasteiger partial charge in [-0.25, -0.2) is 0 Å². The highest BCUT2D eigenvalue weighted by molar-refractivity contribution is 6.46. The molecule has 0 saturated carbocycles. The number of hydrogen-bond acceptors (Lipinski definition) is 6. The molecule has 1 saturated heterocycles. The smallest absolute Gasteiger partial charge is 0.295 e. The fraction of sp³-hybridized carbons (Fsp3) is 0.304. The minimum absolute atomic E-state index is 0.0111. The minimum Gasteiger partial charge on any atom is -0.507 e. The molecule has 162 valence electrons. The van der Waals surface area contributed by atoms with Crippen molar-refractivity contribution in [3.63, 3.8) is 0 Å². The Hall–Kier alpha value is -3.03. The zero-order valence-corrected chi connectivity index (χ0v) is 17.7. The van der Waals surface area contributed by atoms with Crippen molar-refractivity contribution in [2.45, 2.75) is 18.9 Å². The van der Waals surface area contributed by atoms with E-state index in [4.69, 9.17) is 21.1 Å². The first-order chi connectivity index (χ1) is 14.9. The second-order valence-corrected chi connectivity index (χ2v) is 7.88. The number of ether oxygens (including phenoxy) is 2. The molecule has 1 unspecified atom stereocenters. The lowest BCUT2D eigenvalue weighted by Crippen LogP contribution is -2.31. The molecular weight excluding hydrogens is 422 g/mol. The van der Waals surface area contributed by atoms with Gasteiger partial charge in [0.15, 0.2) is 0 Å². The molecular formula is C23H22ClNO6. The number of rotatable bonds is 6. The lowest BCUT2D eigenvalue weighted by atomic mass is 9.94. The molecule has 2 aliphatic rings. The van der Waals surface area contributed by atoms with E-state index < -0.39 is 17.7 Å². The van der Waals surface area contributed by atoms with Gasteiger partial charge in [0.25, 0.3) is 11.7 Å². The molecule has 0 radical (unpaired) electrons. The molecule has 1 amide bonds. The van der Waals surface area contributed by atoms with Gasteiger partial charge in [0.05, 0.1) is 23.2 Å². The monoisotopic (exact) mass is 443 g/mol. The van der Waals surface area contributed by atoms with Crippen LogP contribution in [0.5, 0.6) is 11.5 Å². The molecule has 2 aliphatic heterocycles. The lowest BCUT2D eigenvalue weighted by molar-refractivity contribution is -0.140. The van der Waals surface area contributed by atoms with E-state index in [9.17, 15) is 19.8 Å². The van der Waals surface area contributed by atoms with Gasteiger partial charge in [-0.05, 0) is 47.9 Å². The van der Waals surface area contributed by atoms with Crippen molar-refractivity contribution in [3.05, 3.63) is 63.7 Å². The maximum absolute atomic E-state index is 13.0. The van der Waals surface area contributed by atoms with Gasteiger partial charge >= 0.3 is 0 Å². The van der Waals surface area contributed by atoms with Crippen LogP contribution in [0, 0.1) is 0 Å². The number of nitrogens with zero attached hydrogens (tertiary/aromatic N) is 1. The van der Waals surface area contributed by atoms with Gasteiger partial charge in [-0.15, -0.1) is 0 Å². The van der Waals surface area contributed by atoms with E-state index in [2.05, 4.69) is 0 Å². The number of Topliss-reactive ketones (excluding diaryl/α,β-unsaturated/α-hetero) is 1. The predicted octanol–water partition coefficient (Wildman–Crippen LogP) is 3.44. The Balaban J connectivity index is 1.82. The SMILES string of the molecule is COCCCN1C(=O)C(=O)/C(=C(\O)c2ccc3c(c2)CCO3)C1c1ccc(O)c(Cl)c1. The van der Waals surface area contributed by atoms with Gasteiger partial charge in [0.1, 0.15) is 17.3 Å². The molecule has 0 aromatic heterocycles. The van der Waals surface area contributed by atoms with Crippen LogP contribution in [0.15, 0.2) is 42.0 Å². The van der Waals surface area contributed by atoms with Gasteiger partial charge in [-0.1, -0.05) is 17.7 Å². The quantitative estimate of drug-likeness (QED) is 0.307. The molecule has 0 bridgehead atoms. The van der Waals surface area contributed by atoms with Crippen LogP contribution in [0.25, 0.3) is 5.76 Å². The Kier molecular flexibility index (Phi) is 5.89. The number of likely N-dealkylation sites (tertiary alicyclic amines) is 1. The highest BCUT2D eigenvalue weighted by Crippen LogP contribution is 2.41. The summed E-state index contributed by atoms with van der Waals surface area (Å²) >= 11 is 6.10. The van der Waals surface area contributed by atoms with Crippen molar-refractivity contribution in [1.82, 2.24) is 4.90 Å². The zero-order valence-electron chi connectivity index (χ0n) is 16.9. The maximum Gasteiger partial charge on any atom is 0.295 e. The third kappa shape index (κ3) is 3.86. The Bertz CT molecular complexity index is 1080. The fourth-order valence-corrected chi connectivity index (χ4v) is 4.21. The maximum atomic E-state index is 13.0. The first-order valence-corrected chi connectivity index (χ1v) is 10.3. The Morgan fingerprint density at radius 2 is 2.06 bits per heavy atom. The van der Waals surface area contributed by atoms with Crippen molar-refractivity contribution in [1.29, 1.82) is 0 Å². The molecule has 0 spiro atoms. The molecule has 2 aromatic carbocycles. The lowest BCUT2D eigenvalue weighted by Gasteiger charge is -2.25. The van der Waals surface area contributed by atoms with E-state index in [0.717, 1.165) is 11.3 Å². The van der Waals surface area contributed by atoms with E-state index in [1.54, 1.807) is 31.4 Å². The van der Waals surface area contributed by atoms with Gasteiger partial charge in [-0.3, -0.25) is 9.59 Å². The molecule has 1 atom stereocenters.